The van der Waals surface area contributed by atoms with Crippen LogP contribution in [0.15, 0.2) is 30.0 Å². The molecule has 3 rings (SSSR count). The Morgan fingerprint density at radius 3 is 3.12 bits per heavy atom. The van der Waals surface area contributed by atoms with E-state index in [4.69, 9.17) is 11.6 Å². The quantitative estimate of drug-likeness (QED) is 0.757. The van der Waals surface area contributed by atoms with Crippen LogP contribution in [0.25, 0.3) is 11.0 Å². The molecule has 3 heterocycles. The number of aromatic amines is 1. The molecule has 0 saturated heterocycles. The molecule has 0 spiro atoms. The molecule has 0 aromatic carbocycles. The third kappa shape index (κ3) is 1.60. The summed E-state index contributed by atoms with van der Waals surface area (Å²) in [6.45, 7) is 0. The highest BCUT2D eigenvalue weighted by atomic mass is 35.5. The second-order valence-electron chi connectivity index (χ2n) is 3.46. The second kappa shape index (κ2) is 3.88. The summed E-state index contributed by atoms with van der Waals surface area (Å²) in [7, 11) is 0. The van der Waals surface area contributed by atoms with Gasteiger partial charge in [0, 0.05) is 29.1 Å². The van der Waals surface area contributed by atoms with Crippen LogP contribution in [0.1, 0.15) is 10.4 Å². The standard InChI is InChI=1S/C11H8ClN3S/c12-10-9(16-6-15-10)4-7-5-14-11-8(7)2-1-3-13-11/h1-3,5-6H,4H2,(H,13,14). The molecule has 3 aromatic heterocycles. The number of nitrogens with zero attached hydrogens (tertiary/aromatic N) is 2. The van der Waals surface area contributed by atoms with Crippen LogP contribution in [0.4, 0.5) is 0 Å². The number of nitrogens with one attached hydrogen (secondary N) is 1. The Kier molecular flexibility index (Phi) is 2.38. The van der Waals surface area contributed by atoms with E-state index in [9.17, 15) is 0 Å². The van der Waals surface area contributed by atoms with Crippen molar-refractivity contribution >= 4 is 34.0 Å². The van der Waals surface area contributed by atoms with E-state index in [2.05, 4.69) is 21.0 Å². The largest absolute Gasteiger partial charge is 0.346 e. The van der Waals surface area contributed by atoms with Gasteiger partial charge in [-0.15, -0.1) is 11.3 Å². The van der Waals surface area contributed by atoms with Gasteiger partial charge in [-0.2, -0.15) is 0 Å². The molecule has 16 heavy (non-hydrogen) atoms. The summed E-state index contributed by atoms with van der Waals surface area (Å²) in [6, 6.07) is 4.00. The zero-order valence-corrected chi connectivity index (χ0v) is 9.85. The molecule has 0 bridgehead atoms. The van der Waals surface area contributed by atoms with E-state index < -0.39 is 0 Å². The second-order valence-corrected chi connectivity index (χ2v) is 4.75. The molecule has 0 amide bonds. The van der Waals surface area contributed by atoms with Crippen molar-refractivity contribution in [3.8, 4) is 0 Å². The third-order valence-corrected chi connectivity index (χ3v) is 3.75. The maximum absolute atomic E-state index is 5.98. The Bertz CT molecular complexity index is 629. The number of pyridine rings is 1. The topological polar surface area (TPSA) is 41.6 Å². The normalized spacial score (nSPS) is 11.1. The number of halogens is 1. The van der Waals surface area contributed by atoms with Gasteiger partial charge in [-0.25, -0.2) is 9.97 Å². The van der Waals surface area contributed by atoms with Crippen molar-refractivity contribution in [1.29, 1.82) is 0 Å². The molecule has 3 nitrogen and oxygen atoms in total. The third-order valence-electron chi connectivity index (χ3n) is 2.48. The number of hydrogen-bond donors (Lipinski definition) is 1. The van der Waals surface area contributed by atoms with Crippen molar-refractivity contribution < 1.29 is 0 Å². The van der Waals surface area contributed by atoms with Crippen molar-refractivity contribution in [1.82, 2.24) is 15.0 Å². The first-order valence-corrected chi connectivity index (χ1v) is 6.09. The van der Waals surface area contributed by atoms with Crippen molar-refractivity contribution in [3.63, 3.8) is 0 Å². The van der Waals surface area contributed by atoms with Gasteiger partial charge >= 0.3 is 0 Å². The molecule has 80 valence electrons. The van der Waals surface area contributed by atoms with E-state index in [-0.39, 0.29) is 0 Å². The van der Waals surface area contributed by atoms with E-state index in [1.807, 2.05) is 12.3 Å². The van der Waals surface area contributed by atoms with Crippen LogP contribution >= 0.6 is 22.9 Å². The number of rotatable bonds is 2. The number of thiazole rings is 1. The zero-order chi connectivity index (χ0) is 11.0. The molecule has 3 aromatic rings. The smallest absolute Gasteiger partial charge is 0.143 e. The SMILES string of the molecule is Clc1ncsc1Cc1c[nH]c2ncccc12. The molecule has 0 aliphatic heterocycles. The van der Waals surface area contributed by atoms with E-state index >= 15 is 0 Å². The van der Waals surface area contributed by atoms with Crippen molar-refractivity contribution in [2.45, 2.75) is 6.42 Å². The summed E-state index contributed by atoms with van der Waals surface area (Å²) in [5.41, 5.74) is 3.89. The summed E-state index contributed by atoms with van der Waals surface area (Å²) in [5, 5.41) is 1.75. The molecule has 0 aliphatic carbocycles. The summed E-state index contributed by atoms with van der Waals surface area (Å²) >= 11 is 7.56. The number of hydrogen-bond acceptors (Lipinski definition) is 3. The first-order chi connectivity index (χ1) is 7.84. The first-order valence-electron chi connectivity index (χ1n) is 4.83. The Morgan fingerprint density at radius 2 is 2.31 bits per heavy atom. The average molecular weight is 250 g/mol. The summed E-state index contributed by atoms with van der Waals surface area (Å²) < 4.78 is 0. The minimum atomic E-state index is 0.600. The molecule has 0 fully saturated rings. The Hall–Kier alpha value is -1.39. The highest BCUT2D eigenvalue weighted by molar-refractivity contribution is 7.10. The van der Waals surface area contributed by atoms with Crippen LogP contribution in [0.2, 0.25) is 5.15 Å². The van der Waals surface area contributed by atoms with E-state index in [1.54, 1.807) is 23.0 Å². The fourth-order valence-corrected chi connectivity index (χ4v) is 2.68. The summed E-state index contributed by atoms with van der Waals surface area (Å²) in [6.07, 6.45) is 4.56. The van der Waals surface area contributed by atoms with Crippen LogP contribution in [-0.2, 0) is 6.42 Å². The Morgan fingerprint density at radius 1 is 1.38 bits per heavy atom. The molecular formula is C11H8ClN3S. The monoisotopic (exact) mass is 249 g/mol. The predicted molar refractivity (Wildman–Crippen MR) is 66.0 cm³/mol. The molecule has 0 atom stereocenters. The number of fused-ring (bicyclic) bond motifs is 1. The predicted octanol–water partition coefficient (Wildman–Crippen LogP) is 3.26. The lowest BCUT2D eigenvalue weighted by atomic mass is 10.1. The van der Waals surface area contributed by atoms with Crippen LogP contribution in [0, 0.1) is 0 Å². The lowest BCUT2D eigenvalue weighted by molar-refractivity contribution is 1.23. The van der Waals surface area contributed by atoms with Gasteiger partial charge in [0.15, 0.2) is 0 Å². The lowest BCUT2D eigenvalue weighted by Crippen LogP contribution is -1.83. The molecule has 0 aliphatic rings. The highest BCUT2D eigenvalue weighted by Crippen LogP contribution is 2.25. The lowest BCUT2D eigenvalue weighted by Gasteiger charge is -1.96. The summed E-state index contributed by atoms with van der Waals surface area (Å²) in [4.78, 5) is 12.5. The van der Waals surface area contributed by atoms with Crippen LogP contribution in [0.3, 0.4) is 0 Å². The Balaban J connectivity index is 2.04. The molecule has 1 N–H and O–H groups in total. The van der Waals surface area contributed by atoms with Crippen molar-refractivity contribution in [3.05, 3.63) is 45.6 Å². The zero-order valence-electron chi connectivity index (χ0n) is 8.27. The molecule has 0 unspecified atom stereocenters. The summed E-state index contributed by atoms with van der Waals surface area (Å²) in [5.74, 6) is 0. The molecule has 0 saturated carbocycles. The van der Waals surface area contributed by atoms with Crippen molar-refractivity contribution in [2.75, 3.05) is 0 Å². The van der Waals surface area contributed by atoms with Crippen LogP contribution in [-0.4, -0.2) is 15.0 Å². The first kappa shape index (κ1) is 9.81. The fourth-order valence-electron chi connectivity index (χ4n) is 1.70. The number of aromatic nitrogens is 3. The maximum atomic E-state index is 5.98. The van der Waals surface area contributed by atoms with Gasteiger partial charge in [0.2, 0.25) is 0 Å². The van der Waals surface area contributed by atoms with Crippen LogP contribution < -0.4 is 0 Å². The Labute approximate surface area is 101 Å². The van der Waals surface area contributed by atoms with E-state index in [0.29, 0.717) is 5.15 Å². The highest BCUT2D eigenvalue weighted by Gasteiger charge is 2.08. The van der Waals surface area contributed by atoms with Gasteiger partial charge in [0.25, 0.3) is 0 Å². The van der Waals surface area contributed by atoms with Crippen LogP contribution in [0.5, 0.6) is 0 Å². The molecule has 5 heteroatoms. The maximum Gasteiger partial charge on any atom is 0.143 e. The van der Waals surface area contributed by atoms with Gasteiger partial charge in [-0.05, 0) is 17.7 Å². The number of H-pyrrole nitrogens is 1. The van der Waals surface area contributed by atoms with Gasteiger partial charge < -0.3 is 4.98 Å². The van der Waals surface area contributed by atoms with Crippen molar-refractivity contribution in [2.24, 2.45) is 0 Å². The minimum Gasteiger partial charge on any atom is -0.346 e. The van der Waals surface area contributed by atoms with Gasteiger partial charge in [-0.1, -0.05) is 11.6 Å². The van der Waals surface area contributed by atoms with Gasteiger partial charge in [-0.3, -0.25) is 0 Å². The average Bonchev–Trinajstić information content (AvgIpc) is 2.88. The van der Waals surface area contributed by atoms with E-state index in [1.165, 1.54) is 5.56 Å². The minimum absolute atomic E-state index is 0.600. The van der Waals surface area contributed by atoms with E-state index in [0.717, 1.165) is 22.3 Å². The van der Waals surface area contributed by atoms with Gasteiger partial charge in [0.1, 0.15) is 10.8 Å². The molecule has 0 radical (unpaired) electrons. The molecular weight excluding hydrogens is 242 g/mol. The van der Waals surface area contributed by atoms with Gasteiger partial charge in [0.05, 0.1) is 5.51 Å². The fraction of sp³-hybridized carbons (Fsp3) is 0.0909.